The van der Waals surface area contributed by atoms with Gasteiger partial charge in [-0.15, -0.1) is 0 Å². The minimum Gasteiger partial charge on any atom is -0.469 e. The van der Waals surface area contributed by atoms with Gasteiger partial charge in [-0.1, -0.05) is 18.2 Å². The molecule has 0 N–H and O–H groups in total. The molecule has 1 aliphatic heterocycles. The first-order valence-corrected chi connectivity index (χ1v) is 5.04. The number of allylic oxidation sites excluding steroid dienone is 2. The molecule has 2 nitrogen and oxygen atoms in total. The summed E-state index contributed by atoms with van der Waals surface area (Å²) in [7, 11) is 0. The highest BCUT2D eigenvalue weighted by molar-refractivity contribution is 7.80. The second-order valence-electron chi connectivity index (χ2n) is 3.29. The monoisotopic (exact) mass is 195 g/mol. The predicted octanol–water partition coefficient (Wildman–Crippen LogP) is 1.88. The largest absolute Gasteiger partial charge is 0.469 e. The van der Waals surface area contributed by atoms with Gasteiger partial charge in [-0.2, -0.15) is 0 Å². The van der Waals surface area contributed by atoms with E-state index in [0.29, 0.717) is 5.17 Å². The van der Waals surface area contributed by atoms with Crippen molar-refractivity contribution < 1.29 is 4.74 Å². The van der Waals surface area contributed by atoms with E-state index < -0.39 is 0 Å². The summed E-state index contributed by atoms with van der Waals surface area (Å²) in [6.07, 6.45) is 9.01. The van der Waals surface area contributed by atoms with Gasteiger partial charge in [0.15, 0.2) is 0 Å². The highest BCUT2D eigenvalue weighted by Crippen LogP contribution is 2.13. The van der Waals surface area contributed by atoms with Gasteiger partial charge in [0.2, 0.25) is 0 Å². The zero-order valence-corrected chi connectivity index (χ0v) is 8.35. The van der Waals surface area contributed by atoms with Gasteiger partial charge in [0.25, 0.3) is 5.17 Å². The predicted molar refractivity (Wildman–Crippen MR) is 56.6 cm³/mol. The van der Waals surface area contributed by atoms with Crippen molar-refractivity contribution in [2.45, 2.75) is 12.8 Å². The smallest absolute Gasteiger partial charge is 0.259 e. The number of rotatable bonds is 2. The summed E-state index contributed by atoms with van der Waals surface area (Å²) in [5, 5.41) is 0.653. The van der Waals surface area contributed by atoms with Crippen LogP contribution in [0.1, 0.15) is 12.8 Å². The molecule has 0 bridgehead atoms. The summed E-state index contributed by atoms with van der Waals surface area (Å²) in [5.41, 5.74) is 1.36. The molecule has 1 heterocycles. The lowest BCUT2D eigenvalue weighted by Gasteiger charge is -2.16. The van der Waals surface area contributed by atoms with Crippen molar-refractivity contribution >= 4 is 17.4 Å². The Labute approximate surface area is 83.9 Å². The quantitative estimate of drug-likeness (QED) is 0.624. The van der Waals surface area contributed by atoms with Crippen LogP contribution in [0.4, 0.5) is 0 Å². The normalized spacial score (nSPS) is 21.7. The lowest BCUT2D eigenvalue weighted by molar-refractivity contribution is 0.360. The lowest BCUT2D eigenvalue weighted by Crippen LogP contribution is -2.26. The second-order valence-corrected chi connectivity index (χ2v) is 3.64. The molecule has 2 rings (SSSR count). The zero-order chi connectivity index (χ0) is 9.10. The maximum Gasteiger partial charge on any atom is 0.259 e. The molecule has 70 valence electrons. The zero-order valence-electron chi connectivity index (χ0n) is 7.53. The summed E-state index contributed by atoms with van der Waals surface area (Å²) >= 11 is 5.06. The molecular formula is C10H13NOS. The summed E-state index contributed by atoms with van der Waals surface area (Å²) in [6.45, 7) is 2.59. The topological polar surface area (TPSA) is 12.5 Å². The van der Waals surface area contributed by atoms with Gasteiger partial charge >= 0.3 is 0 Å². The molecule has 0 aromatic carbocycles. The Hall–Kier alpha value is -0.830. The molecule has 0 aromatic heterocycles. The van der Waals surface area contributed by atoms with Crippen LogP contribution in [-0.2, 0) is 4.74 Å². The molecule has 1 saturated heterocycles. The Morgan fingerprint density at radius 3 is 3.00 bits per heavy atom. The highest BCUT2D eigenvalue weighted by atomic mass is 32.1. The van der Waals surface area contributed by atoms with Gasteiger partial charge in [0.1, 0.15) is 6.61 Å². The van der Waals surface area contributed by atoms with Crippen LogP contribution < -0.4 is 0 Å². The SMILES string of the molecule is S=C1OCCN1CC1=CCCC=C1. The molecule has 0 spiro atoms. The van der Waals surface area contributed by atoms with E-state index in [-0.39, 0.29) is 0 Å². The third-order valence-corrected chi connectivity index (χ3v) is 2.67. The van der Waals surface area contributed by atoms with Crippen LogP contribution >= 0.6 is 12.2 Å². The fourth-order valence-corrected chi connectivity index (χ4v) is 1.81. The van der Waals surface area contributed by atoms with E-state index in [1.807, 2.05) is 0 Å². The number of nitrogens with zero attached hydrogens (tertiary/aromatic N) is 1. The Balaban J connectivity index is 1.93. The van der Waals surface area contributed by atoms with E-state index in [1.165, 1.54) is 12.0 Å². The third kappa shape index (κ3) is 2.10. The molecule has 1 aliphatic carbocycles. The lowest BCUT2D eigenvalue weighted by atomic mass is 10.1. The highest BCUT2D eigenvalue weighted by Gasteiger charge is 2.18. The maximum atomic E-state index is 5.21. The van der Waals surface area contributed by atoms with Gasteiger partial charge in [-0.25, -0.2) is 0 Å². The first kappa shape index (κ1) is 8.75. The van der Waals surface area contributed by atoms with Gasteiger partial charge < -0.3 is 9.64 Å². The molecule has 0 aromatic rings. The van der Waals surface area contributed by atoms with Crippen molar-refractivity contribution in [3.05, 3.63) is 23.8 Å². The van der Waals surface area contributed by atoms with E-state index >= 15 is 0 Å². The number of thiocarbonyl (C=S) groups is 1. The van der Waals surface area contributed by atoms with Crippen LogP contribution in [0.3, 0.4) is 0 Å². The van der Waals surface area contributed by atoms with E-state index in [4.69, 9.17) is 17.0 Å². The van der Waals surface area contributed by atoms with Crippen molar-refractivity contribution in [1.82, 2.24) is 4.90 Å². The molecule has 2 aliphatic rings. The number of hydrogen-bond acceptors (Lipinski definition) is 2. The molecule has 0 saturated carbocycles. The van der Waals surface area contributed by atoms with Gasteiger partial charge in [0, 0.05) is 6.54 Å². The van der Waals surface area contributed by atoms with Crippen LogP contribution in [-0.4, -0.2) is 29.8 Å². The van der Waals surface area contributed by atoms with Crippen LogP contribution in [0.2, 0.25) is 0 Å². The molecule has 0 unspecified atom stereocenters. The minimum atomic E-state index is 0.653. The summed E-state index contributed by atoms with van der Waals surface area (Å²) in [5.74, 6) is 0. The van der Waals surface area contributed by atoms with E-state index in [2.05, 4.69) is 23.1 Å². The van der Waals surface area contributed by atoms with Crippen LogP contribution in [0.5, 0.6) is 0 Å². The van der Waals surface area contributed by atoms with Crippen molar-refractivity contribution in [2.24, 2.45) is 0 Å². The summed E-state index contributed by atoms with van der Waals surface area (Å²) in [4.78, 5) is 2.11. The molecule has 0 amide bonds. The minimum absolute atomic E-state index is 0.653. The Morgan fingerprint density at radius 1 is 1.46 bits per heavy atom. The molecule has 0 radical (unpaired) electrons. The van der Waals surface area contributed by atoms with Crippen molar-refractivity contribution in [2.75, 3.05) is 19.7 Å². The number of ether oxygens (including phenoxy) is 1. The van der Waals surface area contributed by atoms with Crippen molar-refractivity contribution in [1.29, 1.82) is 0 Å². The fourth-order valence-electron chi connectivity index (χ4n) is 1.57. The molecule has 1 fully saturated rings. The first-order chi connectivity index (χ1) is 6.36. The van der Waals surface area contributed by atoms with E-state index in [0.717, 1.165) is 26.1 Å². The van der Waals surface area contributed by atoms with Gasteiger partial charge in [-0.3, -0.25) is 0 Å². The Morgan fingerprint density at radius 2 is 2.38 bits per heavy atom. The van der Waals surface area contributed by atoms with E-state index in [1.54, 1.807) is 0 Å². The molecule has 0 atom stereocenters. The molecule has 3 heteroatoms. The van der Waals surface area contributed by atoms with Crippen LogP contribution in [0.25, 0.3) is 0 Å². The maximum absolute atomic E-state index is 5.21. The Bertz CT molecular complexity index is 270. The third-order valence-electron chi connectivity index (χ3n) is 2.29. The molecular weight excluding hydrogens is 182 g/mol. The fraction of sp³-hybridized carbons (Fsp3) is 0.500. The van der Waals surface area contributed by atoms with Crippen molar-refractivity contribution in [3.63, 3.8) is 0 Å². The van der Waals surface area contributed by atoms with E-state index in [9.17, 15) is 0 Å². The van der Waals surface area contributed by atoms with Crippen molar-refractivity contribution in [3.8, 4) is 0 Å². The van der Waals surface area contributed by atoms with Crippen LogP contribution in [0.15, 0.2) is 23.8 Å². The van der Waals surface area contributed by atoms with Crippen LogP contribution in [0, 0.1) is 0 Å². The average Bonchev–Trinajstić information content (AvgIpc) is 2.54. The molecule has 13 heavy (non-hydrogen) atoms. The summed E-state index contributed by atoms with van der Waals surface area (Å²) in [6, 6.07) is 0. The number of hydrogen-bond donors (Lipinski definition) is 0. The average molecular weight is 195 g/mol. The Kier molecular flexibility index (Phi) is 2.64. The second kappa shape index (κ2) is 3.92. The van der Waals surface area contributed by atoms with Gasteiger partial charge in [-0.05, 0) is 30.6 Å². The van der Waals surface area contributed by atoms with Gasteiger partial charge in [0.05, 0.1) is 6.54 Å². The summed E-state index contributed by atoms with van der Waals surface area (Å²) < 4.78 is 5.21. The standard InChI is InChI=1S/C10H13NOS/c13-10-11(6-7-12-10)8-9-4-2-1-3-5-9/h2,4-5H,1,3,6-8H2. The first-order valence-electron chi connectivity index (χ1n) is 4.63.